The number of pyridine rings is 1. The third-order valence-electron chi connectivity index (χ3n) is 11.6. The number of hydrogen-bond acceptors (Lipinski definition) is 12. The number of carbonyl (C=O) groups is 4. The average Bonchev–Trinajstić information content (AvgIpc) is 3.97. The highest BCUT2D eigenvalue weighted by Crippen LogP contribution is 2.58. The Bertz CT molecular complexity index is 2090. The van der Waals surface area contributed by atoms with Gasteiger partial charge < -0.3 is 24.0 Å². The molecule has 60 heavy (non-hydrogen) atoms. The molecule has 1 N–H and O–H groups in total. The molecule has 2 amide bonds. The van der Waals surface area contributed by atoms with Gasteiger partial charge in [0.15, 0.2) is 5.78 Å². The van der Waals surface area contributed by atoms with Crippen LogP contribution in [0.5, 0.6) is 11.6 Å². The van der Waals surface area contributed by atoms with E-state index in [-0.39, 0.29) is 43.5 Å². The molecule has 19 heteroatoms. The van der Waals surface area contributed by atoms with Gasteiger partial charge in [0.1, 0.15) is 18.5 Å². The van der Waals surface area contributed by atoms with Crippen molar-refractivity contribution in [3.05, 3.63) is 29.3 Å². The highest BCUT2D eigenvalue weighted by Gasteiger charge is 2.62. The molecule has 14 nitrogen and oxygen atoms in total. The second kappa shape index (κ2) is 17.2. The fourth-order valence-corrected chi connectivity index (χ4v) is 8.86. The zero-order valence-electron chi connectivity index (χ0n) is 35.5. The number of amides is 2. The lowest BCUT2D eigenvalue weighted by Gasteiger charge is -2.35. The summed E-state index contributed by atoms with van der Waals surface area (Å²) in [6, 6.07) is 5.43. The summed E-state index contributed by atoms with van der Waals surface area (Å²) in [6.07, 6.45) is -5.32. The topological polar surface area (TPSA) is 171 Å². The first kappa shape index (κ1) is 47.3. The highest BCUT2D eigenvalue weighted by atomic mass is 35.5. The predicted molar refractivity (Wildman–Crippen MR) is 215 cm³/mol. The summed E-state index contributed by atoms with van der Waals surface area (Å²) in [4.78, 5) is 63.9. The van der Waals surface area contributed by atoms with E-state index >= 15 is 0 Å². The minimum atomic E-state index is -4.89. The molecule has 0 unspecified atom stereocenters. The number of ketones is 1. The fourth-order valence-electron chi connectivity index (χ4n) is 7.47. The number of likely N-dealkylation sites (N-methyl/N-ethyl adjacent to an activating group) is 1. The maximum Gasteiger partial charge on any atom is 0.427 e. The summed E-state index contributed by atoms with van der Waals surface area (Å²) in [5.74, 6) is -4.52. The van der Waals surface area contributed by atoms with Crippen LogP contribution in [0.2, 0.25) is 5.02 Å². The minimum absolute atomic E-state index is 0.0809. The summed E-state index contributed by atoms with van der Waals surface area (Å²) in [7, 11) is -0.738. The standard InChI is InChI=1S/C41H56ClF3N4O10S/c1-10-24-21-40(24,36(53)47-60(54,55)59-39(7)14-15-39)22-30(50)29-18-25(57-31-20-32(56-17-16-48(8)9)46-34-26(31)12-11-13-28(34)42)23-49(29)35(52)27(37(2,3)4)19-33(51)58-38(5,6)41(43,44)45/h11-13,20,24-25,27,29H,10,14-19,21-23H2,1-9H3,(H,47,53)/t24-,25-,27-,29+,40-/m1/s1. The number of para-hydroxylation sites is 1. The largest absolute Gasteiger partial charge is 0.488 e. The van der Waals surface area contributed by atoms with E-state index in [1.165, 1.54) is 4.90 Å². The van der Waals surface area contributed by atoms with E-state index in [4.69, 9.17) is 30.0 Å². The average molecular weight is 889 g/mol. The van der Waals surface area contributed by atoms with Gasteiger partial charge in [-0.25, -0.2) is 13.9 Å². The Balaban J connectivity index is 1.48. The van der Waals surface area contributed by atoms with E-state index < -0.39 is 93.0 Å². The van der Waals surface area contributed by atoms with E-state index in [1.807, 2.05) is 30.6 Å². The number of carbonyl (C=O) groups excluding carboxylic acids is 4. The lowest BCUT2D eigenvalue weighted by atomic mass is 9.77. The lowest BCUT2D eigenvalue weighted by molar-refractivity contribution is -0.257. The van der Waals surface area contributed by atoms with Crippen LogP contribution in [0.15, 0.2) is 24.3 Å². The smallest absolute Gasteiger partial charge is 0.427 e. The van der Waals surface area contributed by atoms with Crippen molar-refractivity contribution in [3.8, 4) is 11.6 Å². The molecule has 2 heterocycles. The van der Waals surface area contributed by atoms with Crippen LogP contribution in [0.3, 0.4) is 0 Å². The molecule has 3 fully saturated rings. The Labute approximate surface area is 354 Å². The molecule has 334 valence electrons. The number of nitrogens with zero attached hydrogens (tertiary/aromatic N) is 3. The monoisotopic (exact) mass is 888 g/mol. The number of nitrogens with one attached hydrogen (secondary N) is 1. The minimum Gasteiger partial charge on any atom is -0.488 e. The maximum absolute atomic E-state index is 14.7. The highest BCUT2D eigenvalue weighted by molar-refractivity contribution is 7.85. The Morgan fingerprint density at radius 2 is 1.77 bits per heavy atom. The van der Waals surface area contributed by atoms with Gasteiger partial charge in [-0.15, -0.1) is 0 Å². The van der Waals surface area contributed by atoms with Gasteiger partial charge >= 0.3 is 22.4 Å². The molecule has 2 aliphatic carbocycles. The number of rotatable bonds is 18. The molecule has 1 aromatic heterocycles. The van der Waals surface area contributed by atoms with Gasteiger partial charge in [-0.05, 0) is 77.6 Å². The van der Waals surface area contributed by atoms with Crippen LogP contribution in [0.25, 0.3) is 10.9 Å². The van der Waals surface area contributed by atoms with E-state index in [0.29, 0.717) is 55.6 Å². The lowest BCUT2D eigenvalue weighted by Crippen LogP contribution is -2.49. The van der Waals surface area contributed by atoms with Crippen molar-refractivity contribution in [1.29, 1.82) is 0 Å². The number of halogens is 4. The Hall–Kier alpha value is -3.74. The molecule has 3 aliphatic rings. The van der Waals surface area contributed by atoms with Crippen molar-refractivity contribution < 1.29 is 59.2 Å². The zero-order valence-corrected chi connectivity index (χ0v) is 37.1. The van der Waals surface area contributed by atoms with E-state index in [9.17, 15) is 40.8 Å². The number of benzene rings is 1. The molecule has 0 spiro atoms. The van der Waals surface area contributed by atoms with Crippen molar-refractivity contribution in [2.45, 2.75) is 123 Å². The van der Waals surface area contributed by atoms with Crippen LogP contribution in [0, 0.1) is 22.7 Å². The molecule has 2 saturated carbocycles. The third-order valence-corrected chi connectivity index (χ3v) is 13.0. The molecule has 2 aromatic rings. The summed E-state index contributed by atoms with van der Waals surface area (Å²) in [5.41, 5.74) is -5.79. The maximum atomic E-state index is 14.7. The number of hydrogen-bond donors (Lipinski definition) is 1. The molecule has 1 aliphatic heterocycles. The second-order valence-electron chi connectivity index (χ2n) is 18.4. The molecular formula is C41H56ClF3N4O10S. The van der Waals surface area contributed by atoms with Crippen LogP contribution < -0.4 is 14.2 Å². The molecule has 5 atom stereocenters. The van der Waals surface area contributed by atoms with Gasteiger partial charge in [0.25, 0.3) is 0 Å². The van der Waals surface area contributed by atoms with Crippen molar-refractivity contribution in [2.24, 2.45) is 22.7 Å². The first-order chi connectivity index (χ1) is 27.6. The normalized spacial score (nSPS) is 23.3. The zero-order chi connectivity index (χ0) is 44.8. The van der Waals surface area contributed by atoms with Gasteiger partial charge in [-0.3, -0.25) is 19.2 Å². The SMILES string of the molecule is CC[C@@H]1C[C@]1(CC(=O)[C@@H]1C[C@@H](Oc2cc(OCCN(C)C)nc3c(Cl)cccc23)CN1C(=O)[C@@H](CC(=O)OC(C)(C)C(F)(F)F)C(C)(C)C)C(=O)NS(=O)(=O)OC1(C)CC1. The predicted octanol–water partition coefficient (Wildman–Crippen LogP) is 6.42. The number of ether oxygens (including phenoxy) is 3. The molecule has 1 aromatic carbocycles. The molecule has 0 bridgehead atoms. The van der Waals surface area contributed by atoms with Gasteiger partial charge in [-0.1, -0.05) is 51.8 Å². The van der Waals surface area contributed by atoms with Crippen LogP contribution in [0.4, 0.5) is 13.2 Å². The van der Waals surface area contributed by atoms with Crippen molar-refractivity contribution in [3.63, 3.8) is 0 Å². The van der Waals surface area contributed by atoms with E-state index in [0.717, 1.165) is 0 Å². The number of fused-ring (bicyclic) bond motifs is 1. The number of likely N-dealkylation sites (tertiary alicyclic amines) is 1. The van der Waals surface area contributed by atoms with Crippen LogP contribution >= 0.6 is 11.6 Å². The van der Waals surface area contributed by atoms with Crippen LogP contribution in [-0.2, 0) is 38.4 Å². The first-order valence-corrected chi connectivity index (χ1v) is 21.8. The Morgan fingerprint density at radius 3 is 2.33 bits per heavy atom. The molecule has 0 radical (unpaired) electrons. The summed E-state index contributed by atoms with van der Waals surface area (Å²) < 4.78 is 91.3. The number of aromatic nitrogens is 1. The Kier molecular flexibility index (Phi) is 13.6. The van der Waals surface area contributed by atoms with Crippen molar-refractivity contribution >= 4 is 56.4 Å². The van der Waals surface area contributed by atoms with E-state index in [1.54, 1.807) is 52.0 Å². The number of alkyl halides is 3. The first-order valence-electron chi connectivity index (χ1n) is 20.0. The fraction of sp³-hybridized carbons (Fsp3) is 0.683. The van der Waals surface area contributed by atoms with Crippen LogP contribution in [0.1, 0.15) is 93.4 Å². The summed E-state index contributed by atoms with van der Waals surface area (Å²) in [6.45, 7) is 10.4. The molecule has 5 rings (SSSR count). The van der Waals surface area contributed by atoms with E-state index in [2.05, 4.69) is 4.98 Å². The van der Waals surface area contributed by atoms with Crippen LogP contribution in [-0.4, -0.2) is 110 Å². The molecular weight excluding hydrogens is 833 g/mol. The summed E-state index contributed by atoms with van der Waals surface area (Å²) >= 11 is 6.55. The van der Waals surface area contributed by atoms with Gasteiger partial charge in [0.05, 0.1) is 46.5 Å². The quantitative estimate of drug-likeness (QED) is 0.163. The van der Waals surface area contributed by atoms with Gasteiger partial charge in [-0.2, -0.15) is 21.6 Å². The Morgan fingerprint density at radius 1 is 1.10 bits per heavy atom. The summed E-state index contributed by atoms with van der Waals surface area (Å²) in [5, 5.41) is 0.831. The number of Topliss-reactive ketones (excluding diaryl/α,β-unsaturated/α-hetero) is 1. The second-order valence-corrected chi connectivity index (χ2v) is 20.0. The van der Waals surface area contributed by atoms with Gasteiger partial charge in [0, 0.05) is 30.8 Å². The van der Waals surface area contributed by atoms with Crippen molar-refractivity contribution in [1.82, 2.24) is 19.5 Å². The van der Waals surface area contributed by atoms with Gasteiger partial charge in [0.2, 0.25) is 23.3 Å². The van der Waals surface area contributed by atoms with Crippen molar-refractivity contribution in [2.75, 3.05) is 33.8 Å². The number of esters is 1. The third kappa shape index (κ3) is 11.0. The molecule has 1 saturated heterocycles.